The molecule has 2 heterocycles. The summed E-state index contributed by atoms with van der Waals surface area (Å²) in [7, 11) is -2.41. The van der Waals surface area contributed by atoms with Crippen molar-refractivity contribution in [3.8, 4) is 5.75 Å². The third-order valence-electron chi connectivity index (χ3n) is 4.85. The fourth-order valence-electron chi connectivity index (χ4n) is 3.29. The van der Waals surface area contributed by atoms with E-state index in [4.69, 9.17) is 4.74 Å². The number of nitrogens with zero attached hydrogens (tertiary/aromatic N) is 4. The zero-order valence-electron chi connectivity index (χ0n) is 15.6. The number of hydrogen-bond donors (Lipinski definition) is 0. The maximum absolute atomic E-state index is 13.6. The van der Waals surface area contributed by atoms with E-state index in [0.717, 1.165) is 31.4 Å². The second kappa shape index (κ2) is 8.37. The van der Waals surface area contributed by atoms with Gasteiger partial charge in [0.1, 0.15) is 22.3 Å². The largest absolute Gasteiger partial charge is 0.495 e. The van der Waals surface area contributed by atoms with E-state index in [9.17, 15) is 12.8 Å². The number of sulfonamides is 1. The number of benzene rings is 1. The van der Waals surface area contributed by atoms with Crippen LogP contribution in [0.1, 0.15) is 12.7 Å². The second-order valence-corrected chi connectivity index (χ2v) is 8.34. The fourth-order valence-corrected chi connectivity index (χ4v) is 4.88. The lowest BCUT2D eigenvalue weighted by molar-refractivity contribution is 0.182. The molecule has 1 saturated heterocycles. The van der Waals surface area contributed by atoms with Gasteiger partial charge >= 0.3 is 0 Å². The van der Waals surface area contributed by atoms with Gasteiger partial charge in [0.2, 0.25) is 10.0 Å². The summed E-state index contributed by atoms with van der Waals surface area (Å²) in [4.78, 5) is 6.42. The number of hydrogen-bond acceptors (Lipinski definition) is 5. The molecule has 0 atom stereocenters. The molecule has 7 nitrogen and oxygen atoms in total. The molecule has 0 bridgehead atoms. The van der Waals surface area contributed by atoms with Gasteiger partial charge in [-0.1, -0.05) is 6.92 Å². The van der Waals surface area contributed by atoms with Crippen molar-refractivity contribution in [2.24, 2.45) is 0 Å². The first-order chi connectivity index (χ1) is 13.0. The molecule has 9 heteroatoms. The van der Waals surface area contributed by atoms with E-state index in [0.29, 0.717) is 26.2 Å². The van der Waals surface area contributed by atoms with Crippen LogP contribution in [0.3, 0.4) is 0 Å². The zero-order valence-corrected chi connectivity index (χ0v) is 16.5. The lowest BCUT2D eigenvalue weighted by atomic mass is 10.3. The summed E-state index contributed by atoms with van der Waals surface area (Å²) >= 11 is 0. The van der Waals surface area contributed by atoms with Crippen molar-refractivity contribution in [2.45, 2.75) is 24.8 Å². The van der Waals surface area contributed by atoms with E-state index in [1.165, 1.54) is 23.5 Å². The predicted molar refractivity (Wildman–Crippen MR) is 99.8 cm³/mol. The van der Waals surface area contributed by atoms with E-state index in [1.54, 1.807) is 6.20 Å². The van der Waals surface area contributed by atoms with Crippen LogP contribution in [0.4, 0.5) is 4.39 Å². The highest BCUT2D eigenvalue weighted by Crippen LogP contribution is 2.28. The van der Waals surface area contributed by atoms with E-state index in [-0.39, 0.29) is 10.6 Å². The zero-order chi connectivity index (χ0) is 19.4. The Morgan fingerprint density at radius 3 is 2.59 bits per heavy atom. The number of rotatable bonds is 7. The fraction of sp³-hybridized carbons (Fsp3) is 0.500. The summed E-state index contributed by atoms with van der Waals surface area (Å²) in [5, 5.41) is 0. The van der Waals surface area contributed by atoms with Crippen molar-refractivity contribution in [1.82, 2.24) is 18.8 Å². The molecular formula is C18H25FN4O3S. The molecular weight excluding hydrogens is 371 g/mol. The average molecular weight is 396 g/mol. The Bertz CT molecular complexity index is 876. The number of aryl methyl sites for hydroxylation is 1. The Hall–Kier alpha value is -1.97. The lowest BCUT2D eigenvalue weighted by Crippen LogP contribution is -2.49. The highest BCUT2D eigenvalue weighted by Gasteiger charge is 2.31. The van der Waals surface area contributed by atoms with Gasteiger partial charge < -0.3 is 9.30 Å². The normalized spacial score (nSPS) is 16.6. The van der Waals surface area contributed by atoms with Gasteiger partial charge in [-0.3, -0.25) is 4.90 Å². The van der Waals surface area contributed by atoms with Crippen LogP contribution in [0, 0.1) is 5.82 Å². The summed E-state index contributed by atoms with van der Waals surface area (Å²) in [6.45, 7) is 5.73. The van der Waals surface area contributed by atoms with Crippen LogP contribution < -0.4 is 4.74 Å². The minimum Gasteiger partial charge on any atom is -0.495 e. The molecule has 1 aliphatic rings. The minimum absolute atomic E-state index is 0.121. The van der Waals surface area contributed by atoms with Crippen molar-refractivity contribution in [1.29, 1.82) is 0 Å². The maximum atomic E-state index is 13.6. The van der Waals surface area contributed by atoms with Crippen molar-refractivity contribution >= 4 is 10.0 Å². The number of halogens is 1. The molecule has 0 unspecified atom stereocenters. The van der Waals surface area contributed by atoms with Gasteiger partial charge in [-0.2, -0.15) is 4.31 Å². The molecule has 1 aliphatic heterocycles. The molecule has 27 heavy (non-hydrogen) atoms. The third kappa shape index (κ3) is 4.31. The van der Waals surface area contributed by atoms with Crippen LogP contribution in [0.2, 0.25) is 0 Å². The van der Waals surface area contributed by atoms with Gasteiger partial charge in [0.05, 0.1) is 7.11 Å². The summed E-state index contributed by atoms with van der Waals surface area (Å²) in [5.74, 6) is 0.612. The summed E-state index contributed by atoms with van der Waals surface area (Å²) in [5.41, 5.74) is 0. The highest BCUT2D eigenvalue weighted by atomic mass is 32.2. The van der Waals surface area contributed by atoms with Crippen LogP contribution in [0.15, 0.2) is 35.5 Å². The van der Waals surface area contributed by atoms with Gasteiger partial charge in [-0.15, -0.1) is 0 Å². The minimum atomic E-state index is -3.79. The van der Waals surface area contributed by atoms with Crippen molar-refractivity contribution in [3.63, 3.8) is 0 Å². The smallest absolute Gasteiger partial charge is 0.246 e. The van der Waals surface area contributed by atoms with E-state index in [1.807, 2.05) is 6.20 Å². The van der Waals surface area contributed by atoms with Crippen molar-refractivity contribution in [2.75, 3.05) is 39.8 Å². The highest BCUT2D eigenvalue weighted by molar-refractivity contribution is 7.89. The van der Waals surface area contributed by atoms with E-state index < -0.39 is 15.8 Å². The molecule has 1 aromatic heterocycles. The van der Waals surface area contributed by atoms with Crippen LogP contribution in [0.5, 0.6) is 5.75 Å². The third-order valence-corrected chi connectivity index (χ3v) is 6.77. The van der Waals surface area contributed by atoms with Gasteiger partial charge in [0, 0.05) is 58.1 Å². The van der Waals surface area contributed by atoms with E-state index in [2.05, 4.69) is 21.4 Å². The van der Waals surface area contributed by atoms with Gasteiger partial charge in [0.25, 0.3) is 0 Å². The summed E-state index contributed by atoms with van der Waals surface area (Å²) in [6.07, 6.45) is 4.65. The number of imidazole rings is 1. The molecule has 148 valence electrons. The first kappa shape index (κ1) is 19.8. The Balaban J connectivity index is 1.62. The molecule has 1 aromatic carbocycles. The van der Waals surface area contributed by atoms with Crippen molar-refractivity contribution < 1.29 is 17.5 Å². The van der Waals surface area contributed by atoms with Gasteiger partial charge in [0.15, 0.2) is 0 Å². The monoisotopic (exact) mass is 396 g/mol. The molecule has 0 N–H and O–H groups in total. The van der Waals surface area contributed by atoms with Gasteiger partial charge in [-0.05, 0) is 18.2 Å². The second-order valence-electron chi connectivity index (χ2n) is 6.43. The molecule has 2 aromatic rings. The molecule has 0 amide bonds. The average Bonchev–Trinajstić information content (AvgIpc) is 3.14. The van der Waals surface area contributed by atoms with Crippen molar-refractivity contribution in [3.05, 3.63) is 42.2 Å². The Kier molecular flexibility index (Phi) is 6.13. The molecule has 0 radical (unpaired) electrons. The molecule has 0 saturated carbocycles. The molecule has 1 fully saturated rings. The quantitative estimate of drug-likeness (QED) is 0.711. The topological polar surface area (TPSA) is 67.7 Å². The molecule has 3 rings (SSSR count). The van der Waals surface area contributed by atoms with Crippen LogP contribution in [0.25, 0.3) is 0 Å². The standard InChI is InChI=1S/C18H25FN4O3S/c1-3-18-20-6-7-22(18)11-8-21-9-12-23(13-10-21)27(24,25)17-14-15(19)4-5-16(17)26-2/h4-7,14H,3,8-13H2,1-2H3. The number of piperazine rings is 1. The molecule has 0 spiro atoms. The Morgan fingerprint density at radius 1 is 1.19 bits per heavy atom. The number of aromatic nitrogens is 2. The van der Waals surface area contributed by atoms with Crippen LogP contribution >= 0.6 is 0 Å². The predicted octanol–water partition coefficient (Wildman–Crippen LogP) is 1.60. The first-order valence-electron chi connectivity index (χ1n) is 9.01. The van der Waals surface area contributed by atoms with Crippen LogP contribution in [-0.4, -0.2) is 67.0 Å². The molecule has 0 aliphatic carbocycles. The SMILES string of the molecule is CCc1nccn1CCN1CCN(S(=O)(=O)c2cc(F)ccc2OC)CC1. The first-order valence-corrected chi connectivity index (χ1v) is 10.5. The Labute approximate surface area is 159 Å². The number of ether oxygens (including phenoxy) is 1. The maximum Gasteiger partial charge on any atom is 0.246 e. The summed E-state index contributed by atoms with van der Waals surface area (Å²) in [6, 6.07) is 3.55. The van der Waals surface area contributed by atoms with E-state index >= 15 is 0 Å². The number of methoxy groups -OCH3 is 1. The lowest BCUT2D eigenvalue weighted by Gasteiger charge is -2.34. The van der Waals surface area contributed by atoms with Crippen LogP contribution in [-0.2, 0) is 23.0 Å². The summed E-state index contributed by atoms with van der Waals surface area (Å²) < 4.78 is 48.0. The Morgan fingerprint density at radius 2 is 1.93 bits per heavy atom. The van der Waals surface area contributed by atoms with Gasteiger partial charge in [-0.25, -0.2) is 17.8 Å².